The van der Waals surface area contributed by atoms with Crippen LogP contribution in [-0.4, -0.2) is 46.5 Å². The summed E-state index contributed by atoms with van der Waals surface area (Å²) in [5, 5.41) is 28.5. The van der Waals surface area contributed by atoms with Crippen molar-refractivity contribution in [2.24, 2.45) is 0 Å². The van der Waals surface area contributed by atoms with Crippen molar-refractivity contribution in [2.45, 2.75) is 25.9 Å². The maximum absolute atomic E-state index is 12.7. The van der Waals surface area contributed by atoms with E-state index in [1.807, 2.05) is 0 Å². The van der Waals surface area contributed by atoms with Gasteiger partial charge in [0.2, 0.25) is 0 Å². The van der Waals surface area contributed by atoms with Gasteiger partial charge in [-0.3, -0.25) is 14.4 Å². The number of hydrogen-bond acceptors (Lipinski definition) is 7. The highest BCUT2D eigenvalue weighted by Gasteiger charge is 2.25. The maximum atomic E-state index is 12.7. The molecule has 0 bridgehead atoms. The molecule has 0 aliphatic carbocycles. The lowest BCUT2D eigenvalue weighted by atomic mass is 10.1. The average Bonchev–Trinajstić information content (AvgIpc) is 3.46. The van der Waals surface area contributed by atoms with Crippen molar-refractivity contribution in [3.8, 4) is 5.75 Å². The van der Waals surface area contributed by atoms with Crippen LogP contribution in [0.5, 0.6) is 5.75 Å². The zero-order valence-electron chi connectivity index (χ0n) is 18.3. The number of carbonyl (C=O) groups excluding carboxylic acids is 3. The lowest BCUT2D eigenvalue weighted by Crippen LogP contribution is -2.48. The van der Waals surface area contributed by atoms with Crippen molar-refractivity contribution in [1.82, 2.24) is 16.0 Å². The lowest BCUT2D eigenvalue weighted by molar-refractivity contribution is -0.139. The molecule has 3 amide bonds. The molecule has 9 nitrogen and oxygen atoms in total. The number of thiophene rings is 2. The van der Waals surface area contributed by atoms with Gasteiger partial charge in [0.05, 0.1) is 20.7 Å². The SMILES string of the molecule is Cc1cc(C(=O)NC(C)c2cccc(O)c2)sc1C(=O)NC(CNC(=O)c1cccs1)C(=O)O. The van der Waals surface area contributed by atoms with Gasteiger partial charge >= 0.3 is 5.97 Å². The minimum absolute atomic E-state index is 0.0871. The van der Waals surface area contributed by atoms with Gasteiger partial charge in [-0.15, -0.1) is 22.7 Å². The van der Waals surface area contributed by atoms with Crippen LogP contribution in [0.2, 0.25) is 0 Å². The number of rotatable bonds is 9. The van der Waals surface area contributed by atoms with Crippen LogP contribution in [0.15, 0.2) is 47.8 Å². The Hall–Kier alpha value is -3.70. The van der Waals surface area contributed by atoms with Gasteiger partial charge in [0.25, 0.3) is 17.7 Å². The molecule has 0 fully saturated rings. The fourth-order valence-corrected chi connectivity index (χ4v) is 4.70. The summed E-state index contributed by atoms with van der Waals surface area (Å²) in [6.45, 7) is 3.12. The highest BCUT2D eigenvalue weighted by molar-refractivity contribution is 7.16. The fourth-order valence-electron chi connectivity index (χ4n) is 3.08. The van der Waals surface area contributed by atoms with Crippen LogP contribution in [0.1, 0.15) is 53.1 Å². The molecule has 0 saturated carbocycles. The minimum Gasteiger partial charge on any atom is -0.508 e. The quantitative estimate of drug-likeness (QED) is 0.305. The molecule has 178 valence electrons. The third-order valence-electron chi connectivity index (χ3n) is 4.88. The molecule has 34 heavy (non-hydrogen) atoms. The van der Waals surface area contributed by atoms with Crippen LogP contribution in [0, 0.1) is 6.92 Å². The first-order chi connectivity index (χ1) is 16.2. The third-order valence-corrected chi connectivity index (χ3v) is 6.98. The van der Waals surface area contributed by atoms with Crippen LogP contribution in [0.3, 0.4) is 0 Å². The summed E-state index contributed by atoms with van der Waals surface area (Å²) < 4.78 is 0. The molecular formula is C23H23N3O6S2. The zero-order chi connectivity index (χ0) is 24.8. The second-order valence-corrected chi connectivity index (χ2v) is 9.46. The van der Waals surface area contributed by atoms with E-state index in [9.17, 15) is 29.4 Å². The summed E-state index contributed by atoms with van der Waals surface area (Å²) >= 11 is 2.16. The van der Waals surface area contributed by atoms with Gasteiger partial charge in [0, 0.05) is 6.54 Å². The molecule has 11 heteroatoms. The first-order valence-corrected chi connectivity index (χ1v) is 11.9. The van der Waals surface area contributed by atoms with Crippen LogP contribution in [0.25, 0.3) is 0 Å². The van der Waals surface area contributed by atoms with E-state index in [4.69, 9.17) is 0 Å². The molecule has 0 aliphatic rings. The highest BCUT2D eigenvalue weighted by Crippen LogP contribution is 2.24. The fraction of sp³-hybridized carbons (Fsp3) is 0.217. The number of carboxylic acids is 1. The Labute approximate surface area is 203 Å². The summed E-state index contributed by atoms with van der Waals surface area (Å²) in [4.78, 5) is 50.0. The van der Waals surface area contributed by atoms with E-state index >= 15 is 0 Å². The molecule has 0 aliphatic heterocycles. The summed E-state index contributed by atoms with van der Waals surface area (Å²) in [7, 11) is 0. The minimum atomic E-state index is -1.35. The number of benzene rings is 1. The highest BCUT2D eigenvalue weighted by atomic mass is 32.1. The Morgan fingerprint density at radius 2 is 1.74 bits per heavy atom. The smallest absolute Gasteiger partial charge is 0.328 e. The first kappa shape index (κ1) is 24.9. The average molecular weight is 502 g/mol. The summed E-state index contributed by atoms with van der Waals surface area (Å²) in [6.07, 6.45) is 0. The van der Waals surface area contributed by atoms with Crippen molar-refractivity contribution >= 4 is 46.4 Å². The molecule has 5 N–H and O–H groups in total. The van der Waals surface area contributed by atoms with Crippen molar-refractivity contribution in [1.29, 1.82) is 0 Å². The topological polar surface area (TPSA) is 145 Å². The molecule has 2 atom stereocenters. The predicted molar refractivity (Wildman–Crippen MR) is 129 cm³/mol. The van der Waals surface area contributed by atoms with Crippen LogP contribution in [-0.2, 0) is 4.79 Å². The first-order valence-electron chi connectivity index (χ1n) is 10.2. The van der Waals surface area contributed by atoms with Crippen LogP contribution < -0.4 is 16.0 Å². The molecule has 0 radical (unpaired) electrons. The molecule has 0 saturated heterocycles. The zero-order valence-corrected chi connectivity index (χ0v) is 20.0. The number of phenolic OH excluding ortho intramolecular Hbond substituents is 1. The Balaban J connectivity index is 1.64. The van der Waals surface area contributed by atoms with Gasteiger partial charge < -0.3 is 26.2 Å². The number of carbonyl (C=O) groups is 4. The number of amides is 3. The van der Waals surface area contributed by atoms with Crippen molar-refractivity contribution < 1.29 is 29.4 Å². The Bertz CT molecular complexity index is 1210. The van der Waals surface area contributed by atoms with Gasteiger partial charge in [-0.1, -0.05) is 18.2 Å². The molecule has 2 aromatic heterocycles. The van der Waals surface area contributed by atoms with Crippen molar-refractivity contribution in [3.63, 3.8) is 0 Å². The molecule has 2 heterocycles. The van der Waals surface area contributed by atoms with E-state index in [1.165, 1.54) is 17.4 Å². The van der Waals surface area contributed by atoms with E-state index in [2.05, 4.69) is 16.0 Å². The van der Waals surface area contributed by atoms with Gasteiger partial charge in [-0.05, 0) is 54.6 Å². The molecular weight excluding hydrogens is 478 g/mol. The monoisotopic (exact) mass is 501 g/mol. The summed E-state index contributed by atoms with van der Waals surface area (Å²) in [6, 6.07) is 9.66. The predicted octanol–water partition coefficient (Wildman–Crippen LogP) is 2.93. The standard InChI is InChI=1S/C23H23N3O6S2/c1-12-9-18(21(29)25-13(2)14-5-3-6-15(27)10-14)34-19(12)22(30)26-16(23(31)32)11-24-20(28)17-7-4-8-33-17/h3-10,13,16,27H,11H2,1-2H3,(H,24,28)(H,25,29)(H,26,30)(H,31,32). The van der Waals surface area contributed by atoms with E-state index in [0.717, 1.165) is 11.3 Å². The van der Waals surface area contributed by atoms with E-state index in [-0.39, 0.29) is 28.1 Å². The van der Waals surface area contributed by atoms with Gasteiger partial charge in [-0.25, -0.2) is 4.79 Å². The molecule has 3 rings (SSSR count). The number of nitrogens with one attached hydrogen (secondary N) is 3. The van der Waals surface area contributed by atoms with Crippen molar-refractivity contribution in [3.05, 3.63) is 73.6 Å². The van der Waals surface area contributed by atoms with Gasteiger partial charge in [0.1, 0.15) is 11.8 Å². The van der Waals surface area contributed by atoms with Crippen LogP contribution >= 0.6 is 22.7 Å². The maximum Gasteiger partial charge on any atom is 0.328 e. The van der Waals surface area contributed by atoms with Gasteiger partial charge in [0.15, 0.2) is 0 Å². The van der Waals surface area contributed by atoms with Crippen molar-refractivity contribution in [2.75, 3.05) is 6.54 Å². The third kappa shape index (κ3) is 6.21. The normalized spacial score (nSPS) is 12.4. The van der Waals surface area contributed by atoms with E-state index < -0.39 is 29.7 Å². The van der Waals surface area contributed by atoms with E-state index in [1.54, 1.807) is 55.6 Å². The second kappa shape index (κ2) is 10.9. The number of aliphatic carboxylic acids is 1. The Morgan fingerprint density at radius 3 is 2.38 bits per heavy atom. The number of hydrogen-bond donors (Lipinski definition) is 5. The molecule has 1 aromatic carbocycles. The number of carboxylic acid groups (broad SMARTS) is 1. The Morgan fingerprint density at radius 1 is 0.971 bits per heavy atom. The number of phenols is 1. The van der Waals surface area contributed by atoms with E-state index in [0.29, 0.717) is 16.0 Å². The Kier molecular flexibility index (Phi) is 8.03. The largest absolute Gasteiger partial charge is 0.508 e. The lowest BCUT2D eigenvalue weighted by Gasteiger charge is -2.15. The second-order valence-electron chi connectivity index (χ2n) is 7.46. The summed E-state index contributed by atoms with van der Waals surface area (Å²) in [5.41, 5.74) is 1.23. The van der Waals surface area contributed by atoms with Gasteiger partial charge in [-0.2, -0.15) is 0 Å². The summed E-state index contributed by atoms with van der Waals surface area (Å²) in [5.74, 6) is -2.69. The molecule has 2 unspecified atom stereocenters. The van der Waals surface area contributed by atoms with Crippen LogP contribution in [0.4, 0.5) is 0 Å². The number of aryl methyl sites for hydroxylation is 1. The molecule has 0 spiro atoms. The molecule has 3 aromatic rings. The number of aromatic hydroxyl groups is 1.